The maximum Gasteiger partial charge on any atom is 0.408 e. The highest BCUT2D eigenvalue weighted by Crippen LogP contribution is 2.34. The topological polar surface area (TPSA) is 64.6 Å². The van der Waals surface area contributed by atoms with Gasteiger partial charge in [0.1, 0.15) is 11.1 Å². The Morgan fingerprint density at radius 3 is 2.22 bits per heavy atom. The first-order valence-corrected chi connectivity index (χ1v) is 8.03. The largest absolute Gasteiger partial charge is 0.444 e. The molecule has 124 valence electrons. The Kier molecular flexibility index (Phi) is 3.92. The Morgan fingerprint density at radius 1 is 1.17 bits per heavy atom. The number of carbonyl (C=O) groups is 2. The van der Waals surface area contributed by atoms with Gasteiger partial charge in [0.05, 0.1) is 13.2 Å². The third kappa shape index (κ3) is 3.55. The molecule has 1 saturated heterocycles. The Labute approximate surface area is 136 Å². The van der Waals surface area contributed by atoms with Gasteiger partial charge < -0.3 is 14.8 Å². The van der Waals surface area contributed by atoms with Crippen LogP contribution in [-0.2, 0) is 15.0 Å². The lowest BCUT2D eigenvalue weighted by Crippen LogP contribution is -2.60. The molecule has 1 amide bonds. The predicted molar refractivity (Wildman–Crippen MR) is 85.4 cm³/mol. The number of nitrogens with one attached hydrogen (secondary N) is 1. The van der Waals surface area contributed by atoms with Crippen LogP contribution in [0.1, 0.15) is 49.5 Å². The number of hydrogen-bond acceptors (Lipinski definition) is 4. The van der Waals surface area contributed by atoms with E-state index in [1.807, 2.05) is 45.0 Å². The summed E-state index contributed by atoms with van der Waals surface area (Å²) in [5.41, 5.74) is 0.561. The van der Waals surface area contributed by atoms with E-state index >= 15 is 0 Å². The quantitative estimate of drug-likeness (QED) is 0.867. The molecular formula is C18H23NO4. The monoisotopic (exact) mass is 317 g/mol. The van der Waals surface area contributed by atoms with Crippen molar-refractivity contribution in [3.63, 3.8) is 0 Å². The van der Waals surface area contributed by atoms with Crippen LogP contribution < -0.4 is 5.32 Å². The number of ketones is 1. The van der Waals surface area contributed by atoms with Gasteiger partial charge in [0.25, 0.3) is 0 Å². The zero-order valence-corrected chi connectivity index (χ0v) is 13.8. The second-order valence-electron chi connectivity index (χ2n) is 7.42. The number of alkyl carbamates (subject to hydrolysis) is 1. The van der Waals surface area contributed by atoms with Crippen molar-refractivity contribution in [1.29, 1.82) is 0 Å². The molecule has 0 unspecified atom stereocenters. The molecule has 0 bridgehead atoms. The first kappa shape index (κ1) is 16.0. The Morgan fingerprint density at radius 2 is 1.78 bits per heavy atom. The van der Waals surface area contributed by atoms with E-state index in [-0.39, 0.29) is 11.7 Å². The maximum atomic E-state index is 12.1. The molecule has 3 rings (SSSR count). The molecule has 2 fully saturated rings. The SMILES string of the molecule is CC(C)(C)OC(=O)NC1(c2ccc(C(=O)C3CC3)cc2)COC1. The minimum absolute atomic E-state index is 0.210. The van der Waals surface area contributed by atoms with Gasteiger partial charge in [-0.3, -0.25) is 4.79 Å². The first-order valence-electron chi connectivity index (χ1n) is 8.03. The molecule has 1 aliphatic heterocycles. The van der Waals surface area contributed by atoms with Gasteiger partial charge in [-0.25, -0.2) is 4.79 Å². The van der Waals surface area contributed by atoms with Crippen LogP contribution in [0.2, 0.25) is 0 Å². The van der Waals surface area contributed by atoms with Crippen molar-refractivity contribution in [2.24, 2.45) is 5.92 Å². The molecule has 0 atom stereocenters. The molecular weight excluding hydrogens is 294 g/mol. The summed E-state index contributed by atoms with van der Waals surface area (Å²) < 4.78 is 10.6. The van der Waals surface area contributed by atoms with E-state index in [2.05, 4.69) is 5.32 Å². The van der Waals surface area contributed by atoms with E-state index in [4.69, 9.17) is 9.47 Å². The number of amides is 1. The van der Waals surface area contributed by atoms with Crippen LogP contribution in [0.4, 0.5) is 4.79 Å². The van der Waals surface area contributed by atoms with Crippen molar-refractivity contribution in [3.8, 4) is 0 Å². The van der Waals surface area contributed by atoms with E-state index in [0.29, 0.717) is 13.2 Å². The van der Waals surface area contributed by atoms with Crippen LogP contribution in [0.15, 0.2) is 24.3 Å². The molecule has 0 aromatic heterocycles. The van der Waals surface area contributed by atoms with Crippen molar-refractivity contribution in [2.45, 2.75) is 44.8 Å². The Balaban J connectivity index is 1.72. The molecule has 5 heteroatoms. The summed E-state index contributed by atoms with van der Waals surface area (Å²) in [6.07, 6.45) is 1.54. The molecule has 0 radical (unpaired) electrons. The molecule has 0 spiro atoms. The molecule has 1 N–H and O–H groups in total. The summed E-state index contributed by atoms with van der Waals surface area (Å²) in [4.78, 5) is 24.1. The van der Waals surface area contributed by atoms with Gasteiger partial charge in [0.15, 0.2) is 5.78 Å². The number of ether oxygens (including phenoxy) is 2. The highest BCUT2D eigenvalue weighted by molar-refractivity contribution is 5.99. The lowest BCUT2D eigenvalue weighted by molar-refractivity contribution is -0.0797. The smallest absolute Gasteiger partial charge is 0.408 e. The summed E-state index contributed by atoms with van der Waals surface area (Å²) in [6.45, 7) is 6.29. The Hall–Kier alpha value is -1.88. The van der Waals surface area contributed by atoms with Gasteiger partial charge in [0.2, 0.25) is 0 Å². The van der Waals surface area contributed by atoms with Crippen molar-refractivity contribution >= 4 is 11.9 Å². The van der Waals surface area contributed by atoms with Gasteiger partial charge >= 0.3 is 6.09 Å². The minimum Gasteiger partial charge on any atom is -0.444 e. The average molecular weight is 317 g/mol. The van der Waals surface area contributed by atoms with Crippen LogP contribution in [0.25, 0.3) is 0 Å². The molecule has 2 aliphatic rings. The lowest BCUT2D eigenvalue weighted by Gasteiger charge is -2.42. The van der Waals surface area contributed by atoms with Crippen LogP contribution >= 0.6 is 0 Å². The van der Waals surface area contributed by atoms with E-state index in [1.54, 1.807) is 0 Å². The van der Waals surface area contributed by atoms with Gasteiger partial charge in [-0.1, -0.05) is 24.3 Å². The third-order valence-corrected chi connectivity index (χ3v) is 4.11. The second kappa shape index (κ2) is 5.64. The molecule has 5 nitrogen and oxygen atoms in total. The van der Waals surface area contributed by atoms with E-state index in [0.717, 1.165) is 24.0 Å². The van der Waals surface area contributed by atoms with Gasteiger partial charge in [-0.05, 0) is 39.2 Å². The molecule has 23 heavy (non-hydrogen) atoms. The van der Waals surface area contributed by atoms with Crippen molar-refractivity contribution in [2.75, 3.05) is 13.2 Å². The Bertz CT molecular complexity index is 607. The summed E-state index contributed by atoms with van der Waals surface area (Å²) in [6, 6.07) is 7.48. The van der Waals surface area contributed by atoms with Crippen LogP contribution in [-0.4, -0.2) is 30.7 Å². The maximum absolute atomic E-state index is 12.1. The second-order valence-corrected chi connectivity index (χ2v) is 7.42. The van der Waals surface area contributed by atoms with Gasteiger partial charge in [-0.15, -0.1) is 0 Å². The summed E-state index contributed by atoms with van der Waals surface area (Å²) in [7, 11) is 0. The zero-order chi connectivity index (χ0) is 16.7. The van der Waals surface area contributed by atoms with Gasteiger partial charge in [-0.2, -0.15) is 0 Å². The fourth-order valence-electron chi connectivity index (χ4n) is 2.65. The summed E-state index contributed by atoms with van der Waals surface area (Å²) in [5, 5.41) is 2.92. The highest BCUT2D eigenvalue weighted by atomic mass is 16.6. The van der Waals surface area contributed by atoms with Crippen LogP contribution in [0.5, 0.6) is 0 Å². The third-order valence-electron chi connectivity index (χ3n) is 4.11. The van der Waals surface area contributed by atoms with E-state index in [1.165, 1.54) is 0 Å². The van der Waals surface area contributed by atoms with Crippen molar-refractivity contribution in [3.05, 3.63) is 35.4 Å². The number of hydrogen-bond donors (Lipinski definition) is 1. The zero-order valence-electron chi connectivity index (χ0n) is 13.8. The number of rotatable bonds is 4. The van der Waals surface area contributed by atoms with Crippen LogP contribution in [0, 0.1) is 5.92 Å². The standard InChI is InChI=1S/C18H23NO4/c1-17(2,3)23-16(21)19-18(10-22-11-18)14-8-6-13(7-9-14)15(20)12-4-5-12/h6-9,12H,4-5,10-11H2,1-3H3,(H,19,21). The molecule has 1 heterocycles. The van der Waals surface area contributed by atoms with E-state index in [9.17, 15) is 9.59 Å². The average Bonchev–Trinajstić information content (AvgIpc) is 3.25. The molecule has 1 aromatic rings. The van der Waals surface area contributed by atoms with Crippen molar-refractivity contribution < 1.29 is 19.1 Å². The predicted octanol–water partition coefficient (Wildman–Crippen LogP) is 3.03. The van der Waals surface area contributed by atoms with Gasteiger partial charge in [0, 0.05) is 11.5 Å². The first-order chi connectivity index (χ1) is 10.8. The number of Topliss-reactive ketones (excluding diaryl/α,β-unsaturated/α-hetero) is 1. The van der Waals surface area contributed by atoms with Crippen molar-refractivity contribution in [1.82, 2.24) is 5.32 Å². The molecule has 1 aromatic carbocycles. The normalized spacial score (nSPS) is 19.6. The summed E-state index contributed by atoms with van der Waals surface area (Å²) >= 11 is 0. The lowest BCUT2D eigenvalue weighted by atomic mass is 9.87. The highest BCUT2D eigenvalue weighted by Gasteiger charge is 2.43. The fourth-order valence-corrected chi connectivity index (χ4v) is 2.65. The van der Waals surface area contributed by atoms with Crippen LogP contribution in [0.3, 0.4) is 0 Å². The number of benzene rings is 1. The molecule has 1 saturated carbocycles. The number of carbonyl (C=O) groups excluding carboxylic acids is 2. The summed E-state index contributed by atoms with van der Waals surface area (Å²) in [5.74, 6) is 0.428. The fraction of sp³-hybridized carbons (Fsp3) is 0.556. The minimum atomic E-state index is -0.566. The molecule has 1 aliphatic carbocycles. The van der Waals surface area contributed by atoms with E-state index < -0.39 is 17.2 Å².